The van der Waals surface area contributed by atoms with Crippen LogP contribution in [0.2, 0.25) is 0 Å². The molecule has 0 atom stereocenters. The molecule has 0 aromatic heterocycles. The third-order valence-electron chi connectivity index (χ3n) is 3.38. The molecule has 0 aliphatic heterocycles. The first-order valence-corrected chi connectivity index (χ1v) is 7.94. The van der Waals surface area contributed by atoms with E-state index in [1.165, 1.54) is 0 Å². The summed E-state index contributed by atoms with van der Waals surface area (Å²) < 4.78 is 11.2. The number of esters is 1. The lowest BCUT2D eigenvalue weighted by atomic mass is 10.1. The zero-order valence-corrected chi connectivity index (χ0v) is 14.1. The van der Waals surface area contributed by atoms with Crippen molar-refractivity contribution in [1.29, 1.82) is 5.26 Å². The first-order chi connectivity index (χ1) is 12.2. The van der Waals surface area contributed by atoms with Gasteiger partial charge in [0.2, 0.25) is 0 Å². The molecule has 126 valence electrons. The van der Waals surface area contributed by atoms with E-state index in [0.29, 0.717) is 29.1 Å². The van der Waals surface area contributed by atoms with Crippen LogP contribution in [0.4, 0.5) is 0 Å². The summed E-state index contributed by atoms with van der Waals surface area (Å²) in [4.78, 5) is 12.4. The van der Waals surface area contributed by atoms with Crippen molar-refractivity contribution in [1.82, 2.24) is 0 Å². The molecule has 25 heavy (non-hydrogen) atoms. The highest BCUT2D eigenvalue weighted by Gasteiger charge is 2.19. The third-order valence-corrected chi connectivity index (χ3v) is 3.38. The number of benzene rings is 2. The molecule has 0 saturated heterocycles. The number of hydrogen-bond donors (Lipinski definition) is 0. The zero-order valence-electron chi connectivity index (χ0n) is 14.1. The van der Waals surface area contributed by atoms with Gasteiger partial charge in [0.25, 0.3) is 0 Å². The normalized spacial score (nSPS) is 11.0. The van der Waals surface area contributed by atoms with E-state index in [0.717, 1.165) is 5.56 Å². The summed E-state index contributed by atoms with van der Waals surface area (Å²) in [6.45, 7) is 5.75. The van der Waals surface area contributed by atoms with Gasteiger partial charge in [-0.05, 0) is 31.2 Å². The SMILES string of the molecule is C=CC/C(C(=O)OCC)=C(\Oc1ccc(C#N)cc1)c1ccccc1. The molecule has 0 spiro atoms. The van der Waals surface area contributed by atoms with Gasteiger partial charge < -0.3 is 9.47 Å². The second-order valence-electron chi connectivity index (χ2n) is 5.13. The van der Waals surface area contributed by atoms with E-state index in [1.54, 1.807) is 37.3 Å². The van der Waals surface area contributed by atoms with E-state index in [-0.39, 0.29) is 6.61 Å². The highest BCUT2D eigenvalue weighted by molar-refractivity contribution is 5.96. The van der Waals surface area contributed by atoms with E-state index in [1.807, 2.05) is 30.3 Å². The monoisotopic (exact) mass is 333 g/mol. The van der Waals surface area contributed by atoms with Crippen molar-refractivity contribution >= 4 is 11.7 Å². The van der Waals surface area contributed by atoms with Gasteiger partial charge in [0, 0.05) is 12.0 Å². The molecule has 2 aromatic carbocycles. The first-order valence-electron chi connectivity index (χ1n) is 7.94. The molecule has 0 radical (unpaired) electrons. The first kappa shape index (κ1) is 18.0. The van der Waals surface area contributed by atoms with Crippen molar-refractivity contribution in [3.8, 4) is 11.8 Å². The van der Waals surface area contributed by atoms with Gasteiger partial charge in [0.15, 0.2) is 0 Å². The average Bonchev–Trinajstić information content (AvgIpc) is 2.66. The molecule has 0 aliphatic rings. The van der Waals surface area contributed by atoms with E-state index >= 15 is 0 Å². The standard InChI is InChI=1S/C21H19NO3/c1-3-8-19(21(23)24-4-2)20(17-9-6-5-7-10-17)25-18-13-11-16(15-22)12-14-18/h3,5-7,9-14H,1,4,8H2,2H3/b20-19+. The van der Waals surface area contributed by atoms with Crippen LogP contribution in [0, 0.1) is 11.3 Å². The van der Waals surface area contributed by atoms with E-state index < -0.39 is 5.97 Å². The molecule has 0 amide bonds. The van der Waals surface area contributed by atoms with Gasteiger partial charge in [-0.2, -0.15) is 5.26 Å². The van der Waals surface area contributed by atoms with Crippen molar-refractivity contribution in [3.63, 3.8) is 0 Å². The lowest BCUT2D eigenvalue weighted by molar-refractivity contribution is -0.138. The Morgan fingerprint density at radius 1 is 1.16 bits per heavy atom. The van der Waals surface area contributed by atoms with Crippen molar-refractivity contribution in [2.75, 3.05) is 6.61 Å². The van der Waals surface area contributed by atoms with E-state index in [4.69, 9.17) is 14.7 Å². The van der Waals surface area contributed by atoms with E-state index in [9.17, 15) is 4.79 Å². The molecule has 0 N–H and O–H groups in total. The van der Waals surface area contributed by atoms with Crippen LogP contribution >= 0.6 is 0 Å². The maximum atomic E-state index is 12.4. The molecule has 0 unspecified atom stereocenters. The van der Waals surface area contributed by atoms with Crippen LogP contribution in [0.15, 0.2) is 72.8 Å². The van der Waals surface area contributed by atoms with Crippen LogP contribution in [0.3, 0.4) is 0 Å². The Morgan fingerprint density at radius 2 is 1.84 bits per heavy atom. The number of allylic oxidation sites excluding steroid dienone is 1. The lowest BCUT2D eigenvalue weighted by Gasteiger charge is -2.15. The molecule has 4 heteroatoms. The summed E-state index contributed by atoms with van der Waals surface area (Å²) >= 11 is 0. The fraction of sp³-hybridized carbons (Fsp3) is 0.143. The van der Waals surface area contributed by atoms with Gasteiger partial charge in [-0.3, -0.25) is 0 Å². The summed E-state index contributed by atoms with van der Waals surface area (Å²) in [7, 11) is 0. The lowest BCUT2D eigenvalue weighted by Crippen LogP contribution is -2.12. The number of nitrogens with zero attached hydrogens (tertiary/aromatic N) is 1. The van der Waals surface area contributed by atoms with Gasteiger partial charge in [0.05, 0.1) is 23.8 Å². The van der Waals surface area contributed by atoms with Crippen LogP contribution in [0.25, 0.3) is 5.76 Å². The van der Waals surface area contributed by atoms with Crippen molar-refractivity contribution in [2.24, 2.45) is 0 Å². The zero-order chi connectivity index (χ0) is 18.1. The fourth-order valence-electron chi connectivity index (χ4n) is 2.23. The largest absolute Gasteiger partial charge is 0.463 e. The Balaban J connectivity index is 2.50. The predicted molar refractivity (Wildman–Crippen MR) is 96.6 cm³/mol. The van der Waals surface area contributed by atoms with Gasteiger partial charge in [-0.1, -0.05) is 36.4 Å². The molecule has 0 heterocycles. The van der Waals surface area contributed by atoms with Gasteiger partial charge in [-0.25, -0.2) is 4.79 Å². The number of nitriles is 1. The maximum absolute atomic E-state index is 12.4. The van der Waals surface area contributed by atoms with Gasteiger partial charge in [0.1, 0.15) is 11.5 Å². The smallest absolute Gasteiger partial charge is 0.338 e. The molecule has 0 aliphatic carbocycles. The maximum Gasteiger partial charge on any atom is 0.338 e. The minimum atomic E-state index is -0.435. The summed E-state index contributed by atoms with van der Waals surface area (Å²) in [5.41, 5.74) is 1.69. The second kappa shape index (κ2) is 9.09. The minimum absolute atomic E-state index is 0.276. The Kier molecular flexibility index (Phi) is 6.56. The van der Waals surface area contributed by atoms with E-state index in [2.05, 4.69) is 12.6 Å². The number of carbonyl (C=O) groups is 1. The van der Waals surface area contributed by atoms with Crippen molar-refractivity contribution in [2.45, 2.75) is 13.3 Å². The Labute approximate surface area is 147 Å². The Hall–Kier alpha value is -3.32. The van der Waals surface area contributed by atoms with Crippen LogP contribution in [0.5, 0.6) is 5.75 Å². The quantitative estimate of drug-likeness (QED) is 0.324. The third kappa shape index (κ3) is 4.82. The summed E-state index contributed by atoms with van der Waals surface area (Å²) in [6.07, 6.45) is 1.96. The molecular formula is C21H19NO3. The molecule has 4 nitrogen and oxygen atoms in total. The number of hydrogen-bond acceptors (Lipinski definition) is 4. The minimum Gasteiger partial charge on any atom is -0.463 e. The number of carbonyl (C=O) groups excluding carboxylic acids is 1. The molecule has 0 saturated carbocycles. The second-order valence-corrected chi connectivity index (χ2v) is 5.13. The molecule has 2 rings (SSSR count). The topological polar surface area (TPSA) is 59.3 Å². The van der Waals surface area contributed by atoms with Crippen LogP contribution in [0.1, 0.15) is 24.5 Å². The highest BCUT2D eigenvalue weighted by Crippen LogP contribution is 2.27. The summed E-state index contributed by atoms with van der Waals surface area (Å²) in [5.74, 6) is 0.516. The molecule has 2 aromatic rings. The fourth-order valence-corrected chi connectivity index (χ4v) is 2.23. The average molecular weight is 333 g/mol. The van der Waals surface area contributed by atoms with Crippen LogP contribution in [-0.2, 0) is 9.53 Å². The Bertz CT molecular complexity index is 799. The van der Waals surface area contributed by atoms with Gasteiger partial charge in [-0.15, -0.1) is 6.58 Å². The molecule has 0 fully saturated rings. The highest BCUT2D eigenvalue weighted by atomic mass is 16.5. The predicted octanol–water partition coefficient (Wildman–Crippen LogP) is 4.49. The Morgan fingerprint density at radius 3 is 2.40 bits per heavy atom. The summed E-state index contributed by atoms with van der Waals surface area (Å²) in [5, 5.41) is 8.91. The van der Waals surface area contributed by atoms with Crippen LogP contribution in [-0.4, -0.2) is 12.6 Å². The number of rotatable bonds is 7. The molecule has 0 bridgehead atoms. The van der Waals surface area contributed by atoms with Crippen molar-refractivity contribution < 1.29 is 14.3 Å². The number of ether oxygens (including phenoxy) is 2. The van der Waals surface area contributed by atoms with Crippen molar-refractivity contribution in [3.05, 3.63) is 84.0 Å². The van der Waals surface area contributed by atoms with Gasteiger partial charge >= 0.3 is 5.97 Å². The molecular weight excluding hydrogens is 314 g/mol. The van der Waals surface area contributed by atoms with Crippen LogP contribution < -0.4 is 4.74 Å². The summed E-state index contributed by atoms with van der Waals surface area (Å²) in [6, 6.07) is 18.1.